The number of rotatable bonds is 3. The van der Waals surface area contributed by atoms with Gasteiger partial charge in [-0.05, 0) is 5.56 Å². The average molecular weight is 301 g/mol. The summed E-state index contributed by atoms with van der Waals surface area (Å²) in [5, 5.41) is 10.0. The Kier molecular flexibility index (Phi) is 3.27. The normalized spacial score (nSPS) is 11.0. The Morgan fingerprint density at radius 2 is 1.61 bits per heavy atom. The standard InChI is InChI=1S/C19H15N3O/c23-18-12-20-19-16(11-14-7-3-1-4-8-14)21-17(13-22(18)19)15-9-5-2-6-10-15/h1-10,12-13,23H,11H2. The molecule has 4 heteroatoms. The molecule has 4 nitrogen and oxygen atoms in total. The first-order chi connectivity index (χ1) is 11.3. The van der Waals surface area contributed by atoms with Crippen LogP contribution in [0.4, 0.5) is 0 Å². The van der Waals surface area contributed by atoms with Gasteiger partial charge in [-0.3, -0.25) is 4.40 Å². The van der Waals surface area contributed by atoms with Gasteiger partial charge in [-0.25, -0.2) is 9.97 Å². The van der Waals surface area contributed by atoms with E-state index in [-0.39, 0.29) is 5.88 Å². The first-order valence-electron chi connectivity index (χ1n) is 7.46. The summed E-state index contributed by atoms with van der Waals surface area (Å²) in [6.45, 7) is 0. The van der Waals surface area contributed by atoms with Crippen LogP contribution in [0.2, 0.25) is 0 Å². The Hall–Kier alpha value is -3.14. The van der Waals surface area contributed by atoms with Crippen molar-refractivity contribution in [3.8, 4) is 17.1 Å². The van der Waals surface area contributed by atoms with Crippen LogP contribution in [0.25, 0.3) is 16.9 Å². The maximum absolute atomic E-state index is 10.0. The van der Waals surface area contributed by atoms with Gasteiger partial charge in [-0.15, -0.1) is 0 Å². The summed E-state index contributed by atoms with van der Waals surface area (Å²) in [4.78, 5) is 9.08. The van der Waals surface area contributed by atoms with Crippen LogP contribution in [0.15, 0.2) is 73.1 Å². The summed E-state index contributed by atoms with van der Waals surface area (Å²) >= 11 is 0. The molecule has 2 heterocycles. The molecule has 23 heavy (non-hydrogen) atoms. The van der Waals surface area contributed by atoms with Crippen molar-refractivity contribution < 1.29 is 5.11 Å². The fraction of sp³-hybridized carbons (Fsp3) is 0.0526. The van der Waals surface area contributed by atoms with E-state index in [1.54, 1.807) is 4.40 Å². The third-order valence-electron chi connectivity index (χ3n) is 3.83. The number of aromatic nitrogens is 3. The van der Waals surface area contributed by atoms with Crippen molar-refractivity contribution in [2.45, 2.75) is 6.42 Å². The number of fused-ring (bicyclic) bond motifs is 1. The van der Waals surface area contributed by atoms with Gasteiger partial charge in [0.05, 0.1) is 17.6 Å². The van der Waals surface area contributed by atoms with Gasteiger partial charge in [0.1, 0.15) is 0 Å². The second kappa shape index (κ2) is 5.57. The molecule has 0 aliphatic heterocycles. The molecule has 0 spiro atoms. The maximum Gasteiger partial charge on any atom is 0.215 e. The number of hydrogen-bond acceptors (Lipinski definition) is 3. The molecule has 0 atom stereocenters. The van der Waals surface area contributed by atoms with Crippen molar-refractivity contribution in [1.29, 1.82) is 0 Å². The van der Waals surface area contributed by atoms with Crippen molar-refractivity contribution in [3.05, 3.63) is 84.3 Å². The molecule has 0 aliphatic carbocycles. The molecule has 2 aromatic carbocycles. The summed E-state index contributed by atoms with van der Waals surface area (Å²) in [5.41, 5.74) is 4.52. The molecular weight excluding hydrogens is 286 g/mol. The summed E-state index contributed by atoms with van der Waals surface area (Å²) in [7, 11) is 0. The van der Waals surface area contributed by atoms with Crippen LogP contribution in [0.3, 0.4) is 0 Å². The molecule has 2 aromatic heterocycles. The Balaban J connectivity index is 1.88. The number of nitrogens with zero attached hydrogens (tertiary/aromatic N) is 3. The highest BCUT2D eigenvalue weighted by atomic mass is 16.3. The van der Waals surface area contributed by atoms with E-state index in [1.807, 2.05) is 54.7 Å². The summed E-state index contributed by atoms with van der Waals surface area (Å²) in [6.07, 6.45) is 3.95. The minimum Gasteiger partial charge on any atom is -0.493 e. The van der Waals surface area contributed by atoms with E-state index in [0.717, 1.165) is 22.5 Å². The molecule has 4 aromatic rings. The van der Waals surface area contributed by atoms with Crippen LogP contribution in [-0.2, 0) is 6.42 Å². The Morgan fingerprint density at radius 3 is 2.35 bits per heavy atom. The Morgan fingerprint density at radius 1 is 0.913 bits per heavy atom. The molecule has 0 fully saturated rings. The van der Waals surface area contributed by atoms with Gasteiger partial charge in [0.2, 0.25) is 5.88 Å². The zero-order chi connectivity index (χ0) is 15.6. The molecule has 0 saturated heterocycles. The molecule has 0 radical (unpaired) electrons. The maximum atomic E-state index is 10.0. The monoisotopic (exact) mass is 301 g/mol. The van der Waals surface area contributed by atoms with E-state index in [9.17, 15) is 5.11 Å². The molecule has 0 bridgehead atoms. The SMILES string of the molecule is Oc1cnc2c(Cc3ccccc3)nc(-c3ccccc3)cn12. The van der Waals surface area contributed by atoms with Crippen LogP contribution in [0, 0.1) is 0 Å². The van der Waals surface area contributed by atoms with Crippen LogP contribution in [-0.4, -0.2) is 19.5 Å². The molecule has 0 aliphatic rings. The van der Waals surface area contributed by atoms with Crippen LogP contribution >= 0.6 is 0 Å². The van der Waals surface area contributed by atoms with E-state index in [4.69, 9.17) is 4.98 Å². The first-order valence-corrected chi connectivity index (χ1v) is 7.46. The van der Waals surface area contributed by atoms with Gasteiger partial charge < -0.3 is 5.11 Å². The predicted molar refractivity (Wildman–Crippen MR) is 89.3 cm³/mol. The van der Waals surface area contributed by atoms with Gasteiger partial charge in [0.25, 0.3) is 0 Å². The van der Waals surface area contributed by atoms with Gasteiger partial charge in [-0.1, -0.05) is 60.7 Å². The minimum atomic E-state index is 0.119. The molecule has 4 rings (SSSR count). The van der Waals surface area contributed by atoms with Crippen LogP contribution < -0.4 is 0 Å². The largest absolute Gasteiger partial charge is 0.493 e. The third-order valence-corrected chi connectivity index (χ3v) is 3.83. The van der Waals surface area contributed by atoms with Crippen molar-refractivity contribution in [3.63, 3.8) is 0 Å². The first kappa shape index (κ1) is 13.5. The van der Waals surface area contributed by atoms with Gasteiger partial charge in [0.15, 0.2) is 5.65 Å². The lowest BCUT2D eigenvalue weighted by molar-refractivity contribution is 0.448. The van der Waals surface area contributed by atoms with Crippen molar-refractivity contribution in [1.82, 2.24) is 14.4 Å². The fourth-order valence-corrected chi connectivity index (χ4v) is 2.69. The number of benzene rings is 2. The average Bonchev–Trinajstić information content (AvgIpc) is 2.98. The van der Waals surface area contributed by atoms with Gasteiger partial charge in [0, 0.05) is 18.2 Å². The fourth-order valence-electron chi connectivity index (χ4n) is 2.69. The van der Waals surface area contributed by atoms with Crippen molar-refractivity contribution in [2.24, 2.45) is 0 Å². The Bertz CT molecular complexity index is 946. The predicted octanol–water partition coefficient (Wildman–Crippen LogP) is 3.69. The number of aromatic hydroxyl groups is 1. The summed E-state index contributed by atoms with van der Waals surface area (Å²) in [6, 6.07) is 20.1. The molecule has 1 N–H and O–H groups in total. The van der Waals surface area contributed by atoms with Gasteiger partial charge >= 0.3 is 0 Å². The molecule has 112 valence electrons. The lowest BCUT2D eigenvalue weighted by Gasteiger charge is -2.08. The van der Waals surface area contributed by atoms with Crippen LogP contribution in [0.5, 0.6) is 5.88 Å². The second-order valence-corrected chi connectivity index (χ2v) is 5.41. The van der Waals surface area contributed by atoms with Crippen molar-refractivity contribution in [2.75, 3.05) is 0 Å². The van der Waals surface area contributed by atoms with Crippen LogP contribution in [0.1, 0.15) is 11.3 Å². The zero-order valence-electron chi connectivity index (χ0n) is 12.4. The third kappa shape index (κ3) is 2.55. The zero-order valence-corrected chi connectivity index (χ0v) is 12.4. The summed E-state index contributed by atoms with van der Waals surface area (Å²) < 4.78 is 1.69. The number of hydrogen-bond donors (Lipinski definition) is 1. The Labute approximate surface area is 133 Å². The topological polar surface area (TPSA) is 50.4 Å². The lowest BCUT2D eigenvalue weighted by Crippen LogP contribution is -2.00. The van der Waals surface area contributed by atoms with E-state index >= 15 is 0 Å². The van der Waals surface area contributed by atoms with Crippen molar-refractivity contribution >= 4 is 5.65 Å². The van der Waals surface area contributed by atoms with E-state index in [2.05, 4.69) is 17.1 Å². The quantitative estimate of drug-likeness (QED) is 0.628. The minimum absolute atomic E-state index is 0.119. The lowest BCUT2D eigenvalue weighted by atomic mass is 10.1. The molecule has 0 unspecified atom stereocenters. The molecule has 0 saturated carbocycles. The smallest absolute Gasteiger partial charge is 0.215 e. The second-order valence-electron chi connectivity index (χ2n) is 5.41. The highest BCUT2D eigenvalue weighted by Gasteiger charge is 2.12. The number of imidazole rings is 1. The van der Waals surface area contributed by atoms with E-state index in [0.29, 0.717) is 12.1 Å². The highest BCUT2D eigenvalue weighted by Crippen LogP contribution is 2.23. The summed E-state index contributed by atoms with van der Waals surface area (Å²) in [5.74, 6) is 0.119. The van der Waals surface area contributed by atoms with E-state index < -0.39 is 0 Å². The van der Waals surface area contributed by atoms with Gasteiger partial charge in [-0.2, -0.15) is 0 Å². The van der Waals surface area contributed by atoms with E-state index in [1.165, 1.54) is 6.20 Å². The molecule has 0 amide bonds. The highest BCUT2D eigenvalue weighted by molar-refractivity contribution is 5.62. The molecular formula is C19H15N3O.